The predicted molar refractivity (Wildman–Crippen MR) is 102 cm³/mol. The number of rotatable bonds is 8. The molecule has 6 nitrogen and oxygen atoms in total. The molecule has 1 atom stereocenters. The molecule has 0 aromatic heterocycles. The van der Waals surface area contributed by atoms with Crippen LogP contribution >= 0.6 is 0 Å². The summed E-state index contributed by atoms with van der Waals surface area (Å²) in [4.78, 5) is 12.1. The first-order valence-electron chi connectivity index (χ1n) is 9.46. The number of carbonyl (C=O) groups is 1. The summed E-state index contributed by atoms with van der Waals surface area (Å²) in [5.41, 5.74) is 0. The lowest BCUT2D eigenvalue weighted by Crippen LogP contribution is -2.35. The molecule has 1 aromatic carbocycles. The average molecular weight is 383 g/mol. The van der Waals surface area contributed by atoms with E-state index in [9.17, 15) is 13.2 Å². The molecule has 0 bridgehead atoms. The second kappa shape index (κ2) is 9.92. The minimum Gasteiger partial charge on any atom is -0.484 e. The van der Waals surface area contributed by atoms with Crippen LogP contribution in [0.2, 0.25) is 0 Å². The van der Waals surface area contributed by atoms with Crippen LogP contribution in [0.1, 0.15) is 52.4 Å². The van der Waals surface area contributed by atoms with Crippen molar-refractivity contribution in [3.05, 3.63) is 24.3 Å². The predicted octanol–water partition coefficient (Wildman–Crippen LogP) is 2.93. The number of hydrogen-bond acceptors (Lipinski definition) is 4. The van der Waals surface area contributed by atoms with Crippen molar-refractivity contribution in [1.29, 1.82) is 0 Å². The third kappa shape index (κ3) is 5.99. The Labute approximate surface area is 157 Å². The van der Waals surface area contributed by atoms with Crippen molar-refractivity contribution in [3.63, 3.8) is 0 Å². The molecule has 1 aliphatic heterocycles. The van der Waals surface area contributed by atoms with Gasteiger partial charge in [-0.05, 0) is 50.5 Å². The fourth-order valence-corrected chi connectivity index (χ4v) is 4.63. The Bertz CT molecular complexity index is 665. The molecule has 0 spiro atoms. The molecule has 0 radical (unpaired) electrons. The van der Waals surface area contributed by atoms with Gasteiger partial charge in [0, 0.05) is 19.1 Å². The lowest BCUT2D eigenvalue weighted by atomic mass is 10.2. The summed E-state index contributed by atoms with van der Waals surface area (Å²) < 4.78 is 32.5. The normalized spacial score (nSPS) is 17.3. The Morgan fingerprint density at radius 2 is 1.77 bits per heavy atom. The van der Waals surface area contributed by atoms with Crippen molar-refractivity contribution < 1.29 is 17.9 Å². The SMILES string of the molecule is CCC[C@@H](C)NC(=O)COc1ccc(S(=O)(=O)N2CCCCCC2)cc1. The lowest BCUT2D eigenvalue weighted by Gasteiger charge is -2.20. The Morgan fingerprint density at radius 1 is 1.15 bits per heavy atom. The van der Waals surface area contributed by atoms with Crippen molar-refractivity contribution in [2.24, 2.45) is 0 Å². The van der Waals surface area contributed by atoms with E-state index in [2.05, 4.69) is 12.2 Å². The zero-order valence-corrected chi connectivity index (χ0v) is 16.6. The van der Waals surface area contributed by atoms with Crippen LogP contribution in [0, 0.1) is 0 Å². The van der Waals surface area contributed by atoms with E-state index in [4.69, 9.17) is 4.74 Å². The van der Waals surface area contributed by atoms with Crippen LogP contribution in [0.5, 0.6) is 5.75 Å². The third-order valence-corrected chi connectivity index (χ3v) is 6.44. The number of nitrogens with zero attached hydrogens (tertiary/aromatic N) is 1. The molecule has 0 saturated carbocycles. The van der Waals surface area contributed by atoms with Gasteiger partial charge in [0.1, 0.15) is 5.75 Å². The van der Waals surface area contributed by atoms with Crippen LogP contribution in [0.3, 0.4) is 0 Å². The molecule has 1 fully saturated rings. The smallest absolute Gasteiger partial charge is 0.258 e. The average Bonchev–Trinajstić information content (AvgIpc) is 2.90. The summed E-state index contributed by atoms with van der Waals surface area (Å²) in [6.07, 6.45) is 5.91. The molecule has 1 saturated heterocycles. The Hall–Kier alpha value is -1.60. The number of nitrogens with one attached hydrogen (secondary N) is 1. The van der Waals surface area contributed by atoms with E-state index < -0.39 is 10.0 Å². The van der Waals surface area contributed by atoms with Crippen molar-refractivity contribution in [3.8, 4) is 5.75 Å². The summed E-state index contributed by atoms with van der Waals surface area (Å²) >= 11 is 0. The Balaban J connectivity index is 1.92. The molecule has 1 aliphatic rings. The highest BCUT2D eigenvalue weighted by Gasteiger charge is 2.25. The fourth-order valence-electron chi connectivity index (χ4n) is 3.11. The summed E-state index contributed by atoms with van der Waals surface area (Å²) in [5, 5.41) is 2.87. The highest BCUT2D eigenvalue weighted by atomic mass is 32.2. The minimum atomic E-state index is -3.46. The van der Waals surface area contributed by atoms with E-state index in [1.807, 2.05) is 6.92 Å². The largest absolute Gasteiger partial charge is 0.484 e. The molecule has 0 aliphatic carbocycles. The molecule has 1 aromatic rings. The molecular weight excluding hydrogens is 352 g/mol. The maximum Gasteiger partial charge on any atom is 0.258 e. The van der Waals surface area contributed by atoms with Gasteiger partial charge in [-0.25, -0.2) is 8.42 Å². The molecule has 1 amide bonds. The van der Waals surface area contributed by atoms with Gasteiger partial charge in [0.15, 0.2) is 6.61 Å². The zero-order valence-electron chi connectivity index (χ0n) is 15.7. The van der Waals surface area contributed by atoms with Crippen molar-refractivity contribution in [2.75, 3.05) is 19.7 Å². The molecule has 0 unspecified atom stereocenters. The lowest BCUT2D eigenvalue weighted by molar-refractivity contribution is -0.123. The van der Waals surface area contributed by atoms with Crippen molar-refractivity contribution in [2.45, 2.75) is 63.3 Å². The fraction of sp³-hybridized carbons (Fsp3) is 0.632. The highest BCUT2D eigenvalue weighted by Crippen LogP contribution is 2.22. The molecule has 26 heavy (non-hydrogen) atoms. The van der Waals surface area contributed by atoms with E-state index in [0.717, 1.165) is 38.5 Å². The monoisotopic (exact) mass is 382 g/mol. The standard InChI is InChI=1S/C19H30N2O4S/c1-3-8-16(2)20-19(22)15-25-17-9-11-18(12-10-17)26(23,24)21-13-6-4-5-7-14-21/h9-12,16H,3-8,13-15H2,1-2H3,(H,20,22)/t16-/m1/s1. The van der Waals surface area contributed by atoms with E-state index in [1.165, 1.54) is 0 Å². The van der Waals surface area contributed by atoms with Gasteiger partial charge in [-0.1, -0.05) is 26.2 Å². The topological polar surface area (TPSA) is 75.7 Å². The molecule has 1 N–H and O–H groups in total. The summed E-state index contributed by atoms with van der Waals surface area (Å²) in [6, 6.07) is 6.43. The van der Waals surface area contributed by atoms with Crippen molar-refractivity contribution >= 4 is 15.9 Å². The van der Waals surface area contributed by atoms with Gasteiger partial charge in [0.25, 0.3) is 5.91 Å². The maximum absolute atomic E-state index is 12.7. The Morgan fingerprint density at radius 3 is 2.35 bits per heavy atom. The minimum absolute atomic E-state index is 0.0771. The number of hydrogen-bond donors (Lipinski definition) is 1. The number of amides is 1. The first-order chi connectivity index (χ1) is 12.4. The van der Waals surface area contributed by atoms with Crippen LogP contribution in [-0.2, 0) is 14.8 Å². The zero-order chi connectivity index (χ0) is 19.0. The molecule has 1 heterocycles. The van der Waals surface area contributed by atoms with Crippen LogP contribution < -0.4 is 10.1 Å². The van der Waals surface area contributed by atoms with Gasteiger partial charge in [-0.2, -0.15) is 4.31 Å². The van der Waals surface area contributed by atoms with Gasteiger partial charge in [-0.3, -0.25) is 4.79 Å². The summed E-state index contributed by atoms with van der Waals surface area (Å²) in [7, 11) is -3.46. The van der Waals surface area contributed by atoms with Crippen molar-refractivity contribution in [1.82, 2.24) is 9.62 Å². The second-order valence-corrected chi connectivity index (χ2v) is 8.77. The van der Waals surface area contributed by atoms with Crippen LogP contribution in [-0.4, -0.2) is 44.4 Å². The van der Waals surface area contributed by atoms with E-state index in [0.29, 0.717) is 18.8 Å². The van der Waals surface area contributed by atoms with E-state index in [1.54, 1.807) is 28.6 Å². The van der Waals surface area contributed by atoms with Crippen LogP contribution in [0.4, 0.5) is 0 Å². The second-order valence-electron chi connectivity index (χ2n) is 6.84. The highest BCUT2D eigenvalue weighted by molar-refractivity contribution is 7.89. The first-order valence-corrected chi connectivity index (χ1v) is 10.9. The Kier molecular flexibility index (Phi) is 7.90. The number of benzene rings is 1. The number of carbonyl (C=O) groups excluding carboxylic acids is 1. The van der Waals surface area contributed by atoms with Gasteiger partial charge in [0.2, 0.25) is 10.0 Å². The number of sulfonamides is 1. The van der Waals surface area contributed by atoms with Gasteiger partial charge in [0.05, 0.1) is 4.90 Å². The third-order valence-electron chi connectivity index (χ3n) is 4.53. The molecule has 146 valence electrons. The number of ether oxygens (including phenoxy) is 1. The van der Waals surface area contributed by atoms with E-state index >= 15 is 0 Å². The quantitative estimate of drug-likeness (QED) is 0.750. The first kappa shape index (κ1) is 20.7. The van der Waals surface area contributed by atoms with Gasteiger partial charge >= 0.3 is 0 Å². The molecule has 2 rings (SSSR count). The van der Waals surface area contributed by atoms with Gasteiger partial charge in [-0.15, -0.1) is 0 Å². The molecular formula is C19H30N2O4S. The molecule has 7 heteroatoms. The summed E-state index contributed by atoms with van der Waals surface area (Å²) in [6.45, 7) is 5.12. The van der Waals surface area contributed by atoms with Gasteiger partial charge < -0.3 is 10.1 Å². The summed E-state index contributed by atoms with van der Waals surface area (Å²) in [5.74, 6) is 0.310. The van der Waals surface area contributed by atoms with Crippen LogP contribution in [0.15, 0.2) is 29.2 Å². The maximum atomic E-state index is 12.7. The van der Waals surface area contributed by atoms with E-state index in [-0.39, 0.29) is 23.5 Å². The van der Waals surface area contributed by atoms with Crippen LogP contribution in [0.25, 0.3) is 0 Å².